The molecule has 19 heavy (non-hydrogen) atoms. The van der Waals surface area contributed by atoms with Crippen molar-refractivity contribution in [1.82, 2.24) is 5.32 Å². The lowest BCUT2D eigenvalue weighted by Gasteiger charge is -2.19. The Kier molecular flexibility index (Phi) is 7.63. The van der Waals surface area contributed by atoms with Crippen LogP contribution in [0.15, 0.2) is 18.2 Å². The third-order valence-corrected chi connectivity index (χ3v) is 2.96. The van der Waals surface area contributed by atoms with E-state index in [1.165, 1.54) is 6.07 Å². The van der Waals surface area contributed by atoms with Crippen molar-refractivity contribution in [2.45, 2.75) is 26.3 Å². The molecule has 0 amide bonds. The molecule has 108 valence electrons. The van der Waals surface area contributed by atoms with Gasteiger partial charge < -0.3 is 14.8 Å². The number of benzene rings is 1. The van der Waals surface area contributed by atoms with Gasteiger partial charge in [0.25, 0.3) is 0 Å². The first-order chi connectivity index (χ1) is 9.19. The number of halogens is 1. The van der Waals surface area contributed by atoms with Crippen molar-refractivity contribution in [2.24, 2.45) is 0 Å². The molecule has 0 aliphatic rings. The molecule has 0 fully saturated rings. The lowest BCUT2D eigenvalue weighted by Crippen LogP contribution is -2.23. The molecule has 4 heteroatoms. The van der Waals surface area contributed by atoms with Crippen LogP contribution >= 0.6 is 0 Å². The molecule has 0 bridgehead atoms. The Morgan fingerprint density at radius 2 is 2.05 bits per heavy atom. The third-order valence-electron chi connectivity index (χ3n) is 2.96. The quantitative estimate of drug-likeness (QED) is 0.699. The molecule has 1 aromatic carbocycles. The predicted molar refractivity (Wildman–Crippen MR) is 74.9 cm³/mol. The van der Waals surface area contributed by atoms with Gasteiger partial charge in [-0.3, -0.25) is 0 Å². The van der Waals surface area contributed by atoms with Gasteiger partial charge in [-0.2, -0.15) is 0 Å². The number of ether oxygens (including phenoxy) is 2. The highest BCUT2D eigenvalue weighted by atomic mass is 19.1. The highest BCUT2D eigenvalue weighted by Gasteiger charge is 2.14. The van der Waals surface area contributed by atoms with E-state index in [-0.39, 0.29) is 11.9 Å². The van der Waals surface area contributed by atoms with Gasteiger partial charge in [0.05, 0.1) is 13.2 Å². The van der Waals surface area contributed by atoms with Crippen LogP contribution in [0.3, 0.4) is 0 Å². The molecule has 1 aromatic rings. The van der Waals surface area contributed by atoms with Crippen LogP contribution in [0.5, 0.6) is 0 Å². The molecule has 1 N–H and O–H groups in total. The second kappa shape index (κ2) is 9.02. The number of aryl methyl sites for hydroxylation is 1. The van der Waals surface area contributed by atoms with Gasteiger partial charge in [-0.1, -0.05) is 24.6 Å². The molecule has 0 saturated carbocycles. The molecule has 3 nitrogen and oxygen atoms in total. The first-order valence-corrected chi connectivity index (χ1v) is 6.75. The summed E-state index contributed by atoms with van der Waals surface area (Å²) in [5.41, 5.74) is 1.79. The second-order valence-electron chi connectivity index (χ2n) is 4.53. The first-order valence-electron chi connectivity index (χ1n) is 6.75. The summed E-state index contributed by atoms with van der Waals surface area (Å²) >= 11 is 0. The summed E-state index contributed by atoms with van der Waals surface area (Å²) in [6.07, 6.45) is 0.748. The van der Waals surface area contributed by atoms with Crippen LogP contribution in [-0.2, 0) is 9.47 Å². The van der Waals surface area contributed by atoms with E-state index in [4.69, 9.17) is 9.47 Å². The Bertz CT molecular complexity index is 371. The third kappa shape index (κ3) is 5.68. The Morgan fingerprint density at radius 1 is 1.26 bits per heavy atom. The summed E-state index contributed by atoms with van der Waals surface area (Å²) < 4.78 is 24.2. The fourth-order valence-corrected chi connectivity index (χ4v) is 1.99. The summed E-state index contributed by atoms with van der Waals surface area (Å²) in [5.74, 6) is -0.159. The average Bonchev–Trinajstić information content (AvgIpc) is 2.40. The first kappa shape index (κ1) is 16.1. The van der Waals surface area contributed by atoms with E-state index in [1.807, 2.05) is 19.9 Å². The minimum atomic E-state index is -0.159. The van der Waals surface area contributed by atoms with Crippen LogP contribution in [0.2, 0.25) is 0 Å². The number of hydrogen-bond acceptors (Lipinski definition) is 3. The Morgan fingerprint density at radius 3 is 2.74 bits per heavy atom. The molecule has 0 spiro atoms. The molecule has 1 unspecified atom stereocenters. The summed E-state index contributed by atoms with van der Waals surface area (Å²) in [7, 11) is 1.65. The standard InChI is InChI=1S/C15H24FNO2/c1-4-17-15(7-8-19-10-9-18-3)13-11-12(2)5-6-14(13)16/h5-6,11,15,17H,4,7-10H2,1-3H3. The van der Waals surface area contributed by atoms with Gasteiger partial charge in [0.2, 0.25) is 0 Å². The van der Waals surface area contributed by atoms with Crippen LogP contribution in [0, 0.1) is 12.7 Å². The van der Waals surface area contributed by atoms with Crippen molar-refractivity contribution in [1.29, 1.82) is 0 Å². The summed E-state index contributed by atoms with van der Waals surface area (Å²) in [4.78, 5) is 0. The van der Waals surface area contributed by atoms with E-state index in [0.717, 1.165) is 24.1 Å². The molecular weight excluding hydrogens is 245 g/mol. The van der Waals surface area contributed by atoms with Crippen molar-refractivity contribution >= 4 is 0 Å². The van der Waals surface area contributed by atoms with Gasteiger partial charge in [-0.15, -0.1) is 0 Å². The van der Waals surface area contributed by atoms with E-state index in [2.05, 4.69) is 5.32 Å². The number of hydrogen-bond donors (Lipinski definition) is 1. The molecule has 0 aliphatic heterocycles. The van der Waals surface area contributed by atoms with Crippen molar-refractivity contribution in [3.8, 4) is 0 Å². The largest absolute Gasteiger partial charge is 0.382 e. The Labute approximate surface area is 115 Å². The minimum absolute atomic E-state index is 0.00700. The Hall–Kier alpha value is -0.970. The minimum Gasteiger partial charge on any atom is -0.382 e. The molecular formula is C15H24FNO2. The SMILES string of the molecule is CCNC(CCOCCOC)c1cc(C)ccc1F. The van der Waals surface area contributed by atoms with Gasteiger partial charge in [0, 0.05) is 25.3 Å². The summed E-state index contributed by atoms with van der Waals surface area (Å²) in [5, 5.41) is 3.31. The molecule has 0 heterocycles. The lowest BCUT2D eigenvalue weighted by molar-refractivity contribution is 0.0657. The average molecular weight is 269 g/mol. The zero-order valence-corrected chi connectivity index (χ0v) is 12.0. The summed E-state index contributed by atoms with van der Waals surface area (Å²) in [6.45, 7) is 6.55. The normalized spacial score (nSPS) is 12.6. The topological polar surface area (TPSA) is 30.5 Å². The maximum atomic E-state index is 13.9. The molecule has 0 radical (unpaired) electrons. The van der Waals surface area contributed by atoms with Crippen molar-refractivity contribution < 1.29 is 13.9 Å². The number of methoxy groups -OCH3 is 1. The monoisotopic (exact) mass is 269 g/mol. The number of nitrogens with one attached hydrogen (secondary N) is 1. The smallest absolute Gasteiger partial charge is 0.127 e. The highest BCUT2D eigenvalue weighted by Crippen LogP contribution is 2.21. The zero-order valence-electron chi connectivity index (χ0n) is 12.0. The maximum absolute atomic E-state index is 13.9. The maximum Gasteiger partial charge on any atom is 0.127 e. The zero-order chi connectivity index (χ0) is 14.1. The van der Waals surface area contributed by atoms with Crippen LogP contribution in [0.1, 0.15) is 30.5 Å². The lowest BCUT2D eigenvalue weighted by atomic mass is 10.0. The van der Waals surface area contributed by atoms with Crippen LogP contribution in [0.4, 0.5) is 4.39 Å². The van der Waals surface area contributed by atoms with Crippen LogP contribution in [0.25, 0.3) is 0 Å². The highest BCUT2D eigenvalue weighted by molar-refractivity contribution is 5.26. The van der Waals surface area contributed by atoms with E-state index in [0.29, 0.717) is 19.8 Å². The molecule has 0 aliphatic carbocycles. The fraction of sp³-hybridized carbons (Fsp3) is 0.600. The van der Waals surface area contributed by atoms with E-state index < -0.39 is 0 Å². The van der Waals surface area contributed by atoms with Crippen LogP contribution in [-0.4, -0.2) is 33.5 Å². The van der Waals surface area contributed by atoms with Crippen molar-refractivity contribution in [3.63, 3.8) is 0 Å². The fourth-order valence-electron chi connectivity index (χ4n) is 1.99. The van der Waals surface area contributed by atoms with Crippen molar-refractivity contribution in [2.75, 3.05) is 33.5 Å². The summed E-state index contributed by atoms with van der Waals surface area (Å²) in [6, 6.07) is 5.21. The van der Waals surface area contributed by atoms with E-state index in [1.54, 1.807) is 13.2 Å². The molecule has 1 rings (SSSR count). The van der Waals surface area contributed by atoms with Gasteiger partial charge in [0.15, 0.2) is 0 Å². The molecule has 1 atom stereocenters. The van der Waals surface area contributed by atoms with Gasteiger partial charge in [-0.25, -0.2) is 4.39 Å². The predicted octanol–water partition coefficient (Wildman–Crippen LogP) is 2.84. The van der Waals surface area contributed by atoms with Crippen molar-refractivity contribution in [3.05, 3.63) is 35.1 Å². The number of rotatable bonds is 9. The van der Waals surface area contributed by atoms with Crippen LogP contribution < -0.4 is 5.32 Å². The van der Waals surface area contributed by atoms with E-state index in [9.17, 15) is 4.39 Å². The molecule has 0 saturated heterocycles. The van der Waals surface area contributed by atoms with Gasteiger partial charge >= 0.3 is 0 Å². The Balaban J connectivity index is 2.58. The molecule has 0 aromatic heterocycles. The van der Waals surface area contributed by atoms with Gasteiger partial charge in [0.1, 0.15) is 5.82 Å². The second-order valence-corrected chi connectivity index (χ2v) is 4.53. The van der Waals surface area contributed by atoms with E-state index >= 15 is 0 Å². The van der Waals surface area contributed by atoms with Gasteiger partial charge in [-0.05, 0) is 26.0 Å².